The van der Waals surface area contributed by atoms with Gasteiger partial charge in [-0.15, -0.1) is 11.6 Å². The van der Waals surface area contributed by atoms with Crippen molar-refractivity contribution in [2.45, 2.75) is 32.2 Å². The molecule has 1 rings (SSSR count). The number of hydrogen-bond donors (Lipinski definition) is 0. The van der Waals surface area contributed by atoms with Crippen LogP contribution in [0.4, 0.5) is 0 Å². The number of halogens is 1. The van der Waals surface area contributed by atoms with Crippen LogP contribution in [0.5, 0.6) is 0 Å². The molecule has 0 aliphatic carbocycles. The number of nitriles is 1. The quantitative estimate of drug-likeness (QED) is 0.767. The van der Waals surface area contributed by atoms with Gasteiger partial charge in [0.2, 0.25) is 0 Å². The van der Waals surface area contributed by atoms with Crippen molar-refractivity contribution in [2.24, 2.45) is 0 Å². The number of hydrogen-bond acceptors (Lipinski definition) is 2. The van der Waals surface area contributed by atoms with Gasteiger partial charge >= 0.3 is 0 Å². The van der Waals surface area contributed by atoms with Crippen molar-refractivity contribution in [3.8, 4) is 6.07 Å². The summed E-state index contributed by atoms with van der Waals surface area (Å²) in [6.45, 7) is 4.35. The van der Waals surface area contributed by atoms with Crippen LogP contribution < -0.4 is 0 Å². The molecule has 1 aromatic rings. The molecule has 0 heterocycles. The smallest absolute Gasteiger partial charge is 0.254 e. The molecule has 0 aromatic heterocycles. The van der Waals surface area contributed by atoms with Crippen molar-refractivity contribution in [3.05, 3.63) is 35.4 Å². The zero-order chi connectivity index (χ0) is 13.5. The molecular weight excluding hydrogens is 248 g/mol. The summed E-state index contributed by atoms with van der Waals surface area (Å²) in [5.74, 6) is 0.341. The molecule has 96 valence electrons. The van der Waals surface area contributed by atoms with Gasteiger partial charge in [0.25, 0.3) is 5.91 Å². The predicted molar refractivity (Wildman–Crippen MR) is 72.4 cm³/mol. The molecule has 4 heteroatoms. The summed E-state index contributed by atoms with van der Waals surface area (Å²) in [4.78, 5) is 14.0. The first-order valence-electron chi connectivity index (χ1n) is 5.93. The van der Waals surface area contributed by atoms with Crippen molar-refractivity contribution in [1.29, 1.82) is 5.26 Å². The maximum absolute atomic E-state index is 12.3. The molecule has 0 aliphatic heterocycles. The van der Waals surface area contributed by atoms with E-state index in [4.69, 9.17) is 16.9 Å². The monoisotopic (exact) mass is 264 g/mol. The van der Waals surface area contributed by atoms with Crippen molar-refractivity contribution in [3.63, 3.8) is 0 Å². The van der Waals surface area contributed by atoms with E-state index < -0.39 is 0 Å². The van der Waals surface area contributed by atoms with Crippen LogP contribution in [-0.4, -0.2) is 23.4 Å². The van der Waals surface area contributed by atoms with Gasteiger partial charge in [0.1, 0.15) is 0 Å². The van der Waals surface area contributed by atoms with E-state index in [2.05, 4.69) is 6.07 Å². The fraction of sp³-hybridized carbons (Fsp3) is 0.429. The molecule has 0 fully saturated rings. The molecule has 0 radical (unpaired) electrons. The van der Waals surface area contributed by atoms with Crippen LogP contribution in [0.25, 0.3) is 0 Å². The molecular formula is C14H17ClN2O. The molecule has 0 unspecified atom stereocenters. The Morgan fingerprint density at radius 3 is 2.78 bits per heavy atom. The lowest BCUT2D eigenvalue weighted by Gasteiger charge is -2.26. The molecule has 0 aliphatic rings. The van der Waals surface area contributed by atoms with Crippen LogP contribution in [0.2, 0.25) is 0 Å². The maximum atomic E-state index is 12.3. The molecule has 1 aromatic carbocycles. The summed E-state index contributed by atoms with van der Waals surface area (Å²) in [6, 6.07) is 9.44. The summed E-state index contributed by atoms with van der Waals surface area (Å²) >= 11 is 5.76. The fourth-order valence-electron chi connectivity index (χ4n) is 1.72. The van der Waals surface area contributed by atoms with Gasteiger partial charge in [0.15, 0.2) is 0 Å². The first kappa shape index (κ1) is 14.5. The Morgan fingerprint density at radius 1 is 1.50 bits per heavy atom. The highest BCUT2D eigenvalue weighted by Crippen LogP contribution is 2.12. The molecule has 0 bridgehead atoms. The van der Waals surface area contributed by atoms with Crippen LogP contribution >= 0.6 is 11.6 Å². The number of nitrogens with zero attached hydrogens (tertiary/aromatic N) is 2. The lowest BCUT2D eigenvalue weighted by atomic mass is 10.1. The minimum Gasteiger partial charge on any atom is -0.335 e. The molecule has 0 saturated carbocycles. The summed E-state index contributed by atoms with van der Waals surface area (Å²) in [7, 11) is 0. The summed E-state index contributed by atoms with van der Waals surface area (Å²) in [5, 5.41) is 8.63. The van der Waals surface area contributed by atoms with E-state index in [1.165, 1.54) is 0 Å². The number of alkyl halides is 1. The zero-order valence-corrected chi connectivity index (χ0v) is 11.4. The topological polar surface area (TPSA) is 44.1 Å². The normalized spacial score (nSPS) is 10.2. The Morgan fingerprint density at radius 2 is 2.22 bits per heavy atom. The Kier molecular flexibility index (Phi) is 5.67. The number of carbonyl (C=O) groups is 1. The Bertz CT molecular complexity index is 451. The standard InChI is InChI=1S/C14H17ClN2O/c1-11(2)17(8-4-7-16)14(18)13-6-3-5-12(9-13)10-15/h3,5-6,9,11H,4,8,10H2,1-2H3. The van der Waals surface area contributed by atoms with Crippen LogP contribution in [0, 0.1) is 11.3 Å². The number of rotatable bonds is 5. The number of benzene rings is 1. The van der Waals surface area contributed by atoms with E-state index in [0.717, 1.165) is 5.56 Å². The van der Waals surface area contributed by atoms with Crippen molar-refractivity contribution in [1.82, 2.24) is 4.90 Å². The molecule has 0 spiro atoms. The van der Waals surface area contributed by atoms with E-state index in [0.29, 0.717) is 24.4 Å². The Balaban J connectivity index is 2.91. The highest BCUT2D eigenvalue weighted by Gasteiger charge is 2.18. The highest BCUT2D eigenvalue weighted by molar-refractivity contribution is 6.17. The molecule has 3 nitrogen and oxygen atoms in total. The minimum absolute atomic E-state index is 0.0489. The van der Waals surface area contributed by atoms with E-state index >= 15 is 0 Å². The first-order valence-corrected chi connectivity index (χ1v) is 6.46. The second-order valence-corrected chi connectivity index (χ2v) is 4.60. The minimum atomic E-state index is -0.0489. The molecule has 18 heavy (non-hydrogen) atoms. The van der Waals surface area contributed by atoms with Gasteiger partial charge in [-0.05, 0) is 31.5 Å². The van der Waals surface area contributed by atoms with Crippen molar-refractivity contribution >= 4 is 17.5 Å². The van der Waals surface area contributed by atoms with Crippen molar-refractivity contribution in [2.75, 3.05) is 6.54 Å². The highest BCUT2D eigenvalue weighted by atomic mass is 35.5. The summed E-state index contributed by atoms with van der Waals surface area (Å²) < 4.78 is 0. The third kappa shape index (κ3) is 3.75. The third-order valence-electron chi connectivity index (χ3n) is 2.68. The van der Waals surface area contributed by atoms with Gasteiger partial charge < -0.3 is 4.90 Å². The predicted octanol–water partition coefficient (Wildman–Crippen LogP) is 3.19. The van der Waals surface area contributed by atoms with Crippen LogP contribution in [0.3, 0.4) is 0 Å². The molecule has 0 atom stereocenters. The molecule has 1 amide bonds. The van der Waals surface area contributed by atoms with Crippen molar-refractivity contribution < 1.29 is 4.79 Å². The van der Waals surface area contributed by atoms with Gasteiger partial charge in [-0.3, -0.25) is 4.79 Å². The Labute approximate surface area is 113 Å². The lowest BCUT2D eigenvalue weighted by molar-refractivity contribution is 0.0710. The zero-order valence-electron chi connectivity index (χ0n) is 10.7. The number of carbonyl (C=O) groups excluding carboxylic acids is 1. The van der Waals surface area contributed by atoms with Gasteiger partial charge in [0, 0.05) is 24.0 Å². The van der Waals surface area contributed by atoms with E-state index in [-0.39, 0.29) is 11.9 Å². The second kappa shape index (κ2) is 7.03. The van der Waals surface area contributed by atoms with Gasteiger partial charge in [-0.2, -0.15) is 5.26 Å². The summed E-state index contributed by atoms with van der Waals surface area (Å²) in [6.07, 6.45) is 0.346. The average molecular weight is 265 g/mol. The van der Waals surface area contributed by atoms with E-state index in [1.807, 2.05) is 26.0 Å². The van der Waals surface area contributed by atoms with Gasteiger partial charge in [-0.25, -0.2) is 0 Å². The second-order valence-electron chi connectivity index (χ2n) is 4.33. The Hall–Kier alpha value is -1.53. The number of amides is 1. The largest absolute Gasteiger partial charge is 0.335 e. The van der Waals surface area contributed by atoms with E-state index in [1.54, 1.807) is 17.0 Å². The van der Waals surface area contributed by atoms with Gasteiger partial charge in [-0.1, -0.05) is 12.1 Å². The first-order chi connectivity index (χ1) is 8.60. The van der Waals surface area contributed by atoms with E-state index in [9.17, 15) is 4.79 Å². The van der Waals surface area contributed by atoms with Crippen LogP contribution in [0.1, 0.15) is 36.2 Å². The SMILES string of the molecule is CC(C)N(CCC#N)C(=O)c1cccc(CCl)c1. The lowest BCUT2D eigenvalue weighted by Crippen LogP contribution is -2.37. The van der Waals surface area contributed by atoms with Gasteiger partial charge in [0.05, 0.1) is 12.5 Å². The van der Waals surface area contributed by atoms with Crippen LogP contribution in [-0.2, 0) is 5.88 Å². The average Bonchev–Trinajstić information content (AvgIpc) is 2.38. The molecule has 0 saturated heterocycles. The molecule has 0 N–H and O–H groups in total. The summed E-state index contributed by atoms with van der Waals surface area (Å²) in [5.41, 5.74) is 1.55. The fourth-order valence-corrected chi connectivity index (χ4v) is 1.88. The maximum Gasteiger partial charge on any atom is 0.254 e. The van der Waals surface area contributed by atoms with Crippen LogP contribution in [0.15, 0.2) is 24.3 Å². The third-order valence-corrected chi connectivity index (χ3v) is 2.99.